The first-order valence-electron chi connectivity index (χ1n) is 3.06. The molecular weight excluding hydrogens is 144 g/mol. The van der Waals surface area contributed by atoms with Crippen molar-refractivity contribution < 1.29 is 9.47 Å². The predicted octanol–water partition coefficient (Wildman–Crippen LogP) is 0.362. The van der Waals surface area contributed by atoms with Gasteiger partial charge >= 0.3 is 0 Å². The lowest BCUT2D eigenvalue weighted by molar-refractivity contribution is -0.165. The van der Waals surface area contributed by atoms with Gasteiger partial charge in [-0.25, -0.2) is 0 Å². The van der Waals surface area contributed by atoms with E-state index >= 15 is 0 Å². The smallest absolute Gasteiger partial charge is 0.206 e. The Hall–Kier alpha value is -1.05. The van der Waals surface area contributed by atoms with Crippen LogP contribution in [0.25, 0.3) is 0 Å². The fourth-order valence-corrected chi connectivity index (χ4v) is 0.520. The third-order valence-electron chi connectivity index (χ3n) is 1.52. The van der Waals surface area contributed by atoms with Crippen LogP contribution in [0.2, 0.25) is 0 Å². The zero-order valence-corrected chi connectivity index (χ0v) is 6.92. The van der Waals surface area contributed by atoms with Crippen LogP contribution in [-0.2, 0) is 9.47 Å². The third kappa shape index (κ3) is 2.22. The number of nitrogens with zero attached hydrogens (tertiary/aromatic N) is 1. The number of nitrogens with two attached hydrogens (primary N) is 1. The molecule has 0 radical (unpaired) electrons. The van der Waals surface area contributed by atoms with Crippen molar-refractivity contribution in [3.05, 3.63) is 11.8 Å². The minimum atomic E-state index is -0.990. The molecule has 0 aliphatic heterocycles. The van der Waals surface area contributed by atoms with Crippen LogP contribution in [0.15, 0.2) is 11.8 Å². The highest BCUT2D eigenvalue weighted by atomic mass is 16.7. The van der Waals surface area contributed by atoms with Crippen molar-refractivity contribution in [3.63, 3.8) is 0 Å². The van der Waals surface area contributed by atoms with Gasteiger partial charge in [0.25, 0.3) is 0 Å². The fraction of sp³-hybridized carbons (Fsp3) is 0.571. The summed E-state index contributed by atoms with van der Waals surface area (Å²) in [5, 5.41) is 8.27. The molecule has 0 rings (SSSR count). The van der Waals surface area contributed by atoms with Crippen LogP contribution < -0.4 is 5.73 Å². The number of hydrogen-bond donors (Lipinski definition) is 1. The van der Waals surface area contributed by atoms with Crippen LogP contribution in [0.4, 0.5) is 0 Å². The molecular formula is C7H12N2O2. The zero-order chi connectivity index (χ0) is 8.91. The Morgan fingerprint density at radius 3 is 2.27 bits per heavy atom. The highest BCUT2D eigenvalue weighted by Gasteiger charge is 2.25. The van der Waals surface area contributed by atoms with Gasteiger partial charge in [0.05, 0.1) is 11.8 Å². The Bertz CT molecular complexity index is 189. The standard InChI is InChI=1S/C7H12N2O2/c1-7(10-2,11-3)6(9)4-5-8/h4H,9H2,1-3H3/b6-4-. The second-order valence-corrected chi connectivity index (χ2v) is 2.08. The van der Waals surface area contributed by atoms with Gasteiger partial charge in [0, 0.05) is 20.3 Å². The summed E-state index contributed by atoms with van der Waals surface area (Å²) >= 11 is 0. The lowest BCUT2D eigenvalue weighted by Gasteiger charge is -2.25. The number of nitriles is 1. The number of rotatable bonds is 3. The van der Waals surface area contributed by atoms with E-state index in [1.807, 2.05) is 0 Å². The summed E-state index contributed by atoms with van der Waals surface area (Å²) in [6.45, 7) is 1.64. The first kappa shape index (κ1) is 9.95. The molecule has 0 saturated heterocycles. The molecule has 62 valence electrons. The zero-order valence-electron chi connectivity index (χ0n) is 6.92. The van der Waals surface area contributed by atoms with Gasteiger partial charge < -0.3 is 15.2 Å². The molecule has 0 bridgehead atoms. The monoisotopic (exact) mass is 156 g/mol. The van der Waals surface area contributed by atoms with E-state index in [0.29, 0.717) is 0 Å². The highest BCUT2D eigenvalue weighted by molar-refractivity contribution is 5.16. The maximum atomic E-state index is 8.27. The average Bonchev–Trinajstić information content (AvgIpc) is 2.03. The van der Waals surface area contributed by atoms with Gasteiger partial charge in [-0.3, -0.25) is 0 Å². The first-order chi connectivity index (χ1) is 5.10. The topological polar surface area (TPSA) is 68.3 Å². The number of allylic oxidation sites excluding steroid dienone is 1. The summed E-state index contributed by atoms with van der Waals surface area (Å²) in [5.41, 5.74) is 5.73. The molecule has 4 nitrogen and oxygen atoms in total. The van der Waals surface area contributed by atoms with E-state index in [2.05, 4.69) is 0 Å². The molecule has 0 amide bonds. The van der Waals surface area contributed by atoms with E-state index in [1.54, 1.807) is 13.0 Å². The van der Waals surface area contributed by atoms with Gasteiger partial charge in [0.2, 0.25) is 5.79 Å². The van der Waals surface area contributed by atoms with E-state index in [9.17, 15) is 0 Å². The van der Waals surface area contributed by atoms with Crippen LogP contribution in [0.3, 0.4) is 0 Å². The Morgan fingerprint density at radius 2 is 2.00 bits per heavy atom. The highest BCUT2D eigenvalue weighted by Crippen LogP contribution is 2.16. The van der Waals surface area contributed by atoms with Gasteiger partial charge in [0.15, 0.2) is 0 Å². The van der Waals surface area contributed by atoms with Crippen LogP contribution >= 0.6 is 0 Å². The molecule has 0 saturated carbocycles. The molecule has 0 aromatic heterocycles. The summed E-state index contributed by atoms with van der Waals surface area (Å²) in [4.78, 5) is 0. The average molecular weight is 156 g/mol. The second-order valence-electron chi connectivity index (χ2n) is 2.08. The van der Waals surface area contributed by atoms with Crippen molar-refractivity contribution in [1.29, 1.82) is 5.26 Å². The molecule has 0 spiro atoms. The first-order valence-corrected chi connectivity index (χ1v) is 3.06. The van der Waals surface area contributed by atoms with Gasteiger partial charge in [-0.2, -0.15) is 5.26 Å². The summed E-state index contributed by atoms with van der Waals surface area (Å²) in [6.07, 6.45) is 1.19. The van der Waals surface area contributed by atoms with Crippen LogP contribution in [0.5, 0.6) is 0 Å². The van der Waals surface area contributed by atoms with Gasteiger partial charge in [-0.15, -0.1) is 0 Å². The predicted molar refractivity (Wildman–Crippen MR) is 40.3 cm³/mol. The number of ether oxygens (including phenoxy) is 2. The van der Waals surface area contributed by atoms with Gasteiger partial charge in [0.1, 0.15) is 0 Å². The molecule has 0 fully saturated rings. The van der Waals surface area contributed by atoms with E-state index in [-0.39, 0.29) is 5.70 Å². The fourth-order valence-electron chi connectivity index (χ4n) is 0.520. The maximum absolute atomic E-state index is 8.27. The second kappa shape index (κ2) is 3.96. The molecule has 0 unspecified atom stereocenters. The largest absolute Gasteiger partial charge is 0.397 e. The minimum Gasteiger partial charge on any atom is -0.397 e. The Labute approximate surface area is 66.2 Å². The van der Waals surface area contributed by atoms with Crippen molar-refractivity contribution in [2.24, 2.45) is 5.73 Å². The molecule has 0 atom stereocenters. The summed E-state index contributed by atoms with van der Waals surface area (Å²) in [5.74, 6) is -0.990. The SMILES string of the molecule is COC(C)(OC)/C(N)=C/C#N. The van der Waals surface area contributed by atoms with Crippen molar-refractivity contribution in [1.82, 2.24) is 0 Å². The summed E-state index contributed by atoms with van der Waals surface area (Å²) in [7, 11) is 2.92. The van der Waals surface area contributed by atoms with E-state index in [1.165, 1.54) is 20.3 Å². The Kier molecular flexibility index (Phi) is 3.58. The molecule has 11 heavy (non-hydrogen) atoms. The maximum Gasteiger partial charge on any atom is 0.206 e. The quantitative estimate of drug-likeness (QED) is 0.473. The van der Waals surface area contributed by atoms with Crippen LogP contribution in [0, 0.1) is 11.3 Å². The van der Waals surface area contributed by atoms with Crippen molar-refractivity contribution in [3.8, 4) is 6.07 Å². The minimum absolute atomic E-state index is 0.255. The number of hydrogen-bond acceptors (Lipinski definition) is 4. The normalized spacial score (nSPS) is 12.7. The summed E-state index contributed by atoms with van der Waals surface area (Å²) < 4.78 is 9.87. The van der Waals surface area contributed by atoms with Crippen molar-refractivity contribution >= 4 is 0 Å². The van der Waals surface area contributed by atoms with Gasteiger partial charge in [-0.1, -0.05) is 0 Å². The molecule has 4 heteroatoms. The third-order valence-corrected chi connectivity index (χ3v) is 1.52. The van der Waals surface area contributed by atoms with E-state index in [4.69, 9.17) is 20.5 Å². The lowest BCUT2D eigenvalue weighted by atomic mass is 10.2. The van der Waals surface area contributed by atoms with Crippen LogP contribution in [0.1, 0.15) is 6.92 Å². The molecule has 0 aromatic rings. The summed E-state index contributed by atoms with van der Waals surface area (Å²) in [6, 6.07) is 1.79. The molecule has 0 aliphatic carbocycles. The number of methoxy groups -OCH3 is 2. The van der Waals surface area contributed by atoms with E-state index in [0.717, 1.165) is 0 Å². The Morgan fingerprint density at radius 1 is 1.55 bits per heavy atom. The van der Waals surface area contributed by atoms with Gasteiger partial charge in [-0.05, 0) is 6.92 Å². The molecule has 2 N–H and O–H groups in total. The molecule has 0 heterocycles. The lowest BCUT2D eigenvalue weighted by Crippen LogP contribution is -2.36. The van der Waals surface area contributed by atoms with Crippen LogP contribution in [-0.4, -0.2) is 20.0 Å². The van der Waals surface area contributed by atoms with E-state index < -0.39 is 5.79 Å². The Balaban J connectivity index is 4.52. The molecule has 0 aromatic carbocycles. The van der Waals surface area contributed by atoms with Crippen molar-refractivity contribution in [2.45, 2.75) is 12.7 Å². The van der Waals surface area contributed by atoms with Crippen molar-refractivity contribution in [2.75, 3.05) is 14.2 Å². The molecule has 0 aliphatic rings.